The molecule has 4 aromatic rings. The Bertz CT molecular complexity index is 1080. The van der Waals surface area contributed by atoms with Gasteiger partial charge in [-0.2, -0.15) is 0 Å². The van der Waals surface area contributed by atoms with E-state index in [9.17, 15) is 0 Å². The molecule has 6 heteroatoms. The van der Waals surface area contributed by atoms with Crippen molar-refractivity contribution in [3.05, 3.63) is 58.4 Å². The van der Waals surface area contributed by atoms with Gasteiger partial charge in [0.2, 0.25) is 0 Å². The first-order chi connectivity index (χ1) is 11.7. The number of hydrogen-bond acceptors (Lipinski definition) is 3. The summed E-state index contributed by atoms with van der Waals surface area (Å²) in [7, 11) is 0. The van der Waals surface area contributed by atoms with Crippen LogP contribution in [-0.4, -0.2) is 14.8 Å². The molecule has 0 aliphatic rings. The maximum absolute atomic E-state index is 6.21. The van der Waals surface area contributed by atoms with Gasteiger partial charge in [0.15, 0.2) is 0 Å². The highest BCUT2D eigenvalue weighted by molar-refractivity contribution is 7.71. The Balaban J connectivity index is 2.06. The first-order valence-corrected chi connectivity index (χ1v) is 8.41. The highest BCUT2D eigenvalue weighted by Crippen LogP contribution is 2.38. The standard InChI is InChI=1S/C18H14ClN3OS/c1-2-22-18(24)23-17(21-22)16-15(11-6-4-3-5-7-11)13-10-12(19)8-9-14(13)20-16/h3-10,20H,2H2,1H3. The molecule has 0 saturated heterocycles. The van der Waals surface area contributed by atoms with Crippen molar-refractivity contribution in [2.75, 3.05) is 0 Å². The van der Waals surface area contributed by atoms with Crippen molar-refractivity contribution in [2.24, 2.45) is 0 Å². The lowest BCUT2D eigenvalue weighted by molar-refractivity contribution is 0.519. The van der Waals surface area contributed by atoms with Gasteiger partial charge in [0.1, 0.15) is 5.69 Å². The van der Waals surface area contributed by atoms with Crippen LogP contribution >= 0.6 is 23.8 Å². The van der Waals surface area contributed by atoms with Crippen molar-refractivity contribution in [1.29, 1.82) is 0 Å². The Morgan fingerprint density at radius 2 is 2.00 bits per heavy atom. The van der Waals surface area contributed by atoms with Crippen LogP contribution in [0.2, 0.25) is 5.02 Å². The summed E-state index contributed by atoms with van der Waals surface area (Å²) in [6.07, 6.45) is 0. The van der Waals surface area contributed by atoms with E-state index in [1.807, 2.05) is 43.3 Å². The van der Waals surface area contributed by atoms with Crippen LogP contribution in [0, 0.1) is 4.84 Å². The predicted molar refractivity (Wildman–Crippen MR) is 98.7 cm³/mol. The first-order valence-electron chi connectivity index (χ1n) is 7.62. The van der Waals surface area contributed by atoms with E-state index in [0.29, 0.717) is 22.3 Å². The fourth-order valence-corrected chi connectivity index (χ4v) is 3.26. The predicted octanol–water partition coefficient (Wildman–Crippen LogP) is 5.69. The van der Waals surface area contributed by atoms with Crippen LogP contribution in [0.1, 0.15) is 6.92 Å². The van der Waals surface area contributed by atoms with Crippen LogP contribution in [0.5, 0.6) is 0 Å². The summed E-state index contributed by atoms with van der Waals surface area (Å²) in [5, 5.41) is 6.19. The molecule has 0 fully saturated rings. The largest absolute Gasteiger partial charge is 0.408 e. The number of aromatic nitrogens is 3. The van der Waals surface area contributed by atoms with Gasteiger partial charge >= 0.3 is 0 Å². The van der Waals surface area contributed by atoms with Crippen molar-refractivity contribution < 1.29 is 4.42 Å². The minimum atomic E-state index is 0.364. The molecule has 0 spiro atoms. The molecule has 0 atom stereocenters. The number of nitrogens with one attached hydrogen (secondary N) is 1. The Kier molecular flexibility index (Phi) is 3.75. The average Bonchev–Trinajstić information content (AvgIpc) is 3.15. The molecule has 4 rings (SSSR count). The van der Waals surface area contributed by atoms with Gasteiger partial charge in [-0.15, -0.1) is 5.10 Å². The van der Waals surface area contributed by atoms with Gasteiger partial charge in [-0.1, -0.05) is 41.9 Å². The van der Waals surface area contributed by atoms with Gasteiger partial charge in [0.25, 0.3) is 10.7 Å². The van der Waals surface area contributed by atoms with Crippen molar-refractivity contribution >= 4 is 34.7 Å². The van der Waals surface area contributed by atoms with E-state index in [2.05, 4.69) is 22.2 Å². The highest BCUT2D eigenvalue weighted by atomic mass is 35.5. The fraction of sp³-hybridized carbons (Fsp3) is 0.111. The molecule has 0 aliphatic carbocycles. The second-order valence-corrected chi connectivity index (χ2v) is 6.21. The minimum absolute atomic E-state index is 0.364. The molecule has 2 aromatic carbocycles. The van der Waals surface area contributed by atoms with E-state index in [1.54, 1.807) is 4.68 Å². The number of aromatic amines is 1. The Morgan fingerprint density at radius 3 is 2.71 bits per heavy atom. The van der Waals surface area contributed by atoms with Crippen molar-refractivity contribution in [2.45, 2.75) is 13.5 Å². The molecular weight excluding hydrogens is 342 g/mol. The summed E-state index contributed by atoms with van der Waals surface area (Å²) in [5.74, 6) is 0.480. The third-order valence-corrected chi connectivity index (χ3v) is 4.47. The van der Waals surface area contributed by atoms with E-state index >= 15 is 0 Å². The van der Waals surface area contributed by atoms with E-state index in [1.165, 1.54) is 0 Å². The molecule has 0 amide bonds. The van der Waals surface area contributed by atoms with Gasteiger partial charge in [0.05, 0.1) is 0 Å². The number of fused-ring (bicyclic) bond motifs is 1. The molecule has 0 saturated carbocycles. The minimum Gasteiger partial charge on any atom is -0.408 e. The smallest absolute Gasteiger partial charge is 0.287 e. The van der Waals surface area contributed by atoms with Gasteiger partial charge in [-0.25, -0.2) is 4.68 Å². The fourth-order valence-electron chi connectivity index (χ4n) is 2.84. The highest BCUT2D eigenvalue weighted by Gasteiger charge is 2.19. The number of benzene rings is 2. The van der Waals surface area contributed by atoms with E-state index < -0.39 is 0 Å². The third kappa shape index (κ3) is 2.46. The molecule has 120 valence electrons. The second kappa shape index (κ2) is 5.92. The maximum Gasteiger partial charge on any atom is 0.287 e. The topological polar surface area (TPSA) is 46.8 Å². The number of hydrogen-bond donors (Lipinski definition) is 1. The van der Waals surface area contributed by atoms with Gasteiger partial charge in [-0.3, -0.25) is 0 Å². The normalized spacial score (nSPS) is 11.2. The molecule has 2 heterocycles. The Hall–Kier alpha value is -2.37. The summed E-state index contributed by atoms with van der Waals surface area (Å²) < 4.78 is 7.38. The van der Waals surface area contributed by atoms with E-state index in [0.717, 1.165) is 27.7 Å². The summed E-state index contributed by atoms with van der Waals surface area (Å²) >= 11 is 11.4. The van der Waals surface area contributed by atoms with Gasteiger partial charge in [0, 0.05) is 28.0 Å². The lowest BCUT2D eigenvalue weighted by atomic mass is 10.0. The molecule has 24 heavy (non-hydrogen) atoms. The third-order valence-electron chi connectivity index (χ3n) is 3.94. The zero-order valence-corrected chi connectivity index (χ0v) is 14.5. The number of rotatable bonds is 3. The second-order valence-electron chi connectivity index (χ2n) is 5.42. The Labute approximate surface area is 148 Å². The molecule has 0 aliphatic heterocycles. The van der Waals surface area contributed by atoms with E-state index in [4.69, 9.17) is 28.2 Å². The number of aryl methyl sites for hydroxylation is 1. The zero-order valence-electron chi connectivity index (χ0n) is 12.9. The molecule has 0 radical (unpaired) electrons. The first kappa shape index (κ1) is 15.2. The summed E-state index contributed by atoms with van der Waals surface area (Å²) in [4.78, 5) is 3.76. The van der Waals surface area contributed by atoms with Crippen LogP contribution in [-0.2, 0) is 6.54 Å². The molecule has 1 N–H and O–H groups in total. The number of halogens is 1. The van der Waals surface area contributed by atoms with Crippen molar-refractivity contribution in [1.82, 2.24) is 14.8 Å². The van der Waals surface area contributed by atoms with Gasteiger partial charge in [-0.05, 0) is 42.9 Å². The van der Waals surface area contributed by atoms with Crippen LogP contribution < -0.4 is 0 Å². The molecule has 0 bridgehead atoms. The lowest BCUT2D eigenvalue weighted by Crippen LogP contribution is -1.96. The molecule has 2 aromatic heterocycles. The van der Waals surface area contributed by atoms with Crippen LogP contribution in [0.4, 0.5) is 0 Å². The molecule has 4 nitrogen and oxygen atoms in total. The summed E-state index contributed by atoms with van der Waals surface area (Å²) in [5.41, 5.74) is 3.85. The maximum atomic E-state index is 6.21. The lowest BCUT2D eigenvalue weighted by Gasteiger charge is -2.02. The van der Waals surface area contributed by atoms with Crippen LogP contribution in [0.3, 0.4) is 0 Å². The number of H-pyrrole nitrogens is 1. The van der Waals surface area contributed by atoms with Crippen LogP contribution in [0.15, 0.2) is 52.9 Å². The SMILES string of the molecule is CCn1nc(-c2[nH]c3ccc(Cl)cc3c2-c2ccccc2)oc1=S. The number of nitrogens with zero attached hydrogens (tertiary/aromatic N) is 2. The molecule has 0 unspecified atom stereocenters. The Morgan fingerprint density at radius 1 is 1.21 bits per heavy atom. The average molecular weight is 356 g/mol. The van der Waals surface area contributed by atoms with E-state index in [-0.39, 0.29) is 0 Å². The zero-order chi connectivity index (χ0) is 16.7. The van der Waals surface area contributed by atoms with Crippen molar-refractivity contribution in [3.8, 4) is 22.7 Å². The van der Waals surface area contributed by atoms with Crippen LogP contribution in [0.25, 0.3) is 33.6 Å². The monoisotopic (exact) mass is 355 g/mol. The molecular formula is C18H14ClN3OS. The quantitative estimate of drug-likeness (QED) is 0.480. The van der Waals surface area contributed by atoms with Crippen molar-refractivity contribution in [3.63, 3.8) is 0 Å². The summed E-state index contributed by atoms with van der Waals surface area (Å²) in [6, 6.07) is 15.9. The summed E-state index contributed by atoms with van der Waals surface area (Å²) in [6.45, 7) is 2.64. The van der Waals surface area contributed by atoms with Gasteiger partial charge < -0.3 is 9.40 Å².